The van der Waals surface area contributed by atoms with Crippen LogP contribution in [0.25, 0.3) is 0 Å². The minimum atomic E-state index is -1.87. The van der Waals surface area contributed by atoms with E-state index >= 15 is 0 Å². The van der Waals surface area contributed by atoms with Crippen LogP contribution in [0.5, 0.6) is 0 Å². The average molecular weight is 215 g/mol. The van der Waals surface area contributed by atoms with E-state index in [4.69, 9.17) is 0 Å². The summed E-state index contributed by atoms with van der Waals surface area (Å²) in [5.74, 6) is 0. The van der Waals surface area contributed by atoms with Crippen molar-refractivity contribution >= 4 is 0 Å². The first kappa shape index (κ1) is 11.2. The molecule has 0 aromatic heterocycles. The fraction of sp³-hybridized carbons (Fsp3) is 0.636. The standard InChI is InChI=1S/C5H5.C4H10N.2CH3.Ti/c1-2-4-5-3-1;1-4(2,3)5;;;/h1-3H,4H2;5H,1-3H3;2*1H3;/q;-1;;;+1. The molecule has 0 radical (unpaired) electrons. The summed E-state index contributed by atoms with van der Waals surface area (Å²) in [4.78, 5) is 0. The number of allylic oxidation sites excluding steroid dienone is 4. The van der Waals surface area contributed by atoms with Gasteiger partial charge < -0.3 is 0 Å². The van der Waals surface area contributed by atoms with Gasteiger partial charge in [0, 0.05) is 0 Å². The van der Waals surface area contributed by atoms with Gasteiger partial charge in [-0.1, -0.05) is 0 Å². The predicted octanol–water partition coefficient (Wildman–Crippen LogP) is 3.38. The molecular formula is C11H21NTi. The van der Waals surface area contributed by atoms with Gasteiger partial charge in [0.15, 0.2) is 0 Å². The molecule has 0 aliphatic heterocycles. The SMILES string of the molecule is CC(C)(C)[NH][Ti]([CH3])([CH3])[C]1=CC=CC1. The van der Waals surface area contributed by atoms with E-state index in [0.717, 1.165) is 0 Å². The molecular weight excluding hydrogens is 194 g/mol. The summed E-state index contributed by atoms with van der Waals surface area (Å²) in [6.07, 6.45) is 7.92. The first-order valence-corrected chi connectivity index (χ1v) is 9.65. The van der Waals surface area contributed by atoms with Crippen LogP contribution in [-0.2, 0) is 16.8 Å². The topological polar surface area (TPSA) is 12.0 Å². The third kappa shape index (κ3) is 3.42. The van der Waals surface area contributed by atoms with Crippen molar-refractivity contribution in [2.75, 3.05) is 0 Å². The van der Waals surface area contributed by atoms with E-state index in [1.54, 1.807) is 3.88 Å². The average Bonchev–Trinajstić information content (AvgIpc) is 2.29. The van der Waals surface area contributed by atoms with Gasteiger partial charge in [0.1, 0.15) is 0 Å². The van der Waals surface area contributed by atoms with Gasteiger partial charge in [-0.25, -0.2) is 0 Å². The minimum absolute atomic E-state index is 0.257. The van der Waals surface area contributed by atoms with Crippen molar-refractivity contribution in [1.82, 2.24) is 3.80 Å². The van der Waals surface area contributed by atoms with E-state index < -0.39 is 16.8 Å². The van der Waals surface area contributed by atoms with Crippen molar-refractivity contribution < 1.29 is 16.8 Å². The molecule has 0 unspecified atom stereocenters. The normalized spacial score (nSPS) is 17.8. The molecule has 0 aromatic carbocycles. The van der Waals surface area contributed by atoms with E-state index in [0.29, 0.717) is 0 Å². The summed E-state index contributed by atoms with van der Waals surface area (Å²) in [6, 6.07) is 0. The Kier molecular flexibility index (Phi) is 3.22. The molecule has 0 heterocycles. The first-order chi connectivity index (χ1) is 5.81. The van der Waals surface area contributed by atoms with Gasteiger partial charge in [0.05, 0.1) is 0 Å². The molecule has 1 nitrogen and oxygen atoms in total. The maximum absolute atomic E-state index is 3.82. The van der Waals surface area contributed by atoms with Crippen molar-refractivity contribution in [1.29, 1.82) is 0 Å². The predicted molar refractivity (Wildman–Crippen MR) is 56.5 cm³/mol. The molecule has 0 fully saturated rings. The number of rotatable bonds is 2. The molecule has 0 spiro atoms. The zero-order chi connectivity index (χ0) is 10.1. The summed E-state index contributed by atoms with van der Waals surface area (Å²) in [5, 5.41) is 4.87. The second-order valence-corrected chi connectivity index (χ2v) is 11.8. The summed E-state index contributed by atoms with van der Waals surface area (Å²) in [5.41, 5.74) is 0.257. The zero-order valence-corrected chi connectivity index (χ0v) is 11.0. The Morgan fingerprint density at radius 2 is 1.92 bits per heavy atom. The summed E-state index contributed by atoms with van der Waals surface area (Å²) < 4.78 is 5.48. The molecule has 1 aliphatic rings. The fourth-order valence-electron chi connectivity index (χ4n) is 1.93. The Hall–Kier alpha value is 0.154. The van der Waals surface area contributed by atoms with Gasteiger partial charge in [0.2, 0.25) is 0 Å². The van der Waals surface area contributed by atoms with E-state index in [1.807, 2.05) is 0 Å². The fourth-order valence-corrected chi connectivity index (χ4v) is 6.89. The molecule has 0 aromatic rings. The van der Waals surface area contributed by atoms with Crippen LogP contribution in [0.3, 0.4) is 0 Å². The van der Waals surface area contributed by atoms with E-state index in [2.05, 4.69) is 53.3 Å². The molecule has 0 saturated carbocycles. The first-order valence-electron chi connectivity index (χ1n) is 4.97. The molecule has 0 amide bonds. The van der Waals surface area contributed by atoms with Crippen LogP contribution in [0.15, 0.2) is 22.1 Å². The second kappa shape index (κ2) is 3.72. The molecule has 74 valence electrons. The van der Waals surface area contributed by atoms with Crippen LogP contribution in [0.4, 0.5) is 0 Å². The summed E-state index contributed by atoms with van der Waals surface area (Å²) >= 11 is -1.87. The second-order valence-electron chi connectivity index (χ2n) is 5.32. The molecule has 2 heteroatoms. The Morgan fingerprint density at radius 1 is 1.31 bits per heavy atom. The number of hydrogen-bond acceptors (Lipinski definition) is 1. The molecule has 1 rings (SSSR count). The molecule has 13 heavy (non-hydrogen) atoms. The van der Waals surface area contributed by atoms with Crippen LogP contribution in [0, 0.1) is 0 Å². The van der Waals surface area contributed by atoms with Crippen molar-refractivity contribution in [3.8, 4) is 0 Å². The van der Waals surface area contributed by atoms with Crippen LogP contribution >= 0.6 is 0 Å². The van der Waals surface area contributed by atoms with Gasteiger partial charge in [0.25, 0.3) is 0 Å². The van der Waals surface area contributed by atoms with Crippen LogP contribution in [0.1, 0.15) is 27.2 Å². The number of hydrogen-bond donors (Lipinski definition) is 1. The number of nitrogens with one attached hydrogen (secondary N) is 1. The zero-order valence-electron chi connectivity index (χ0n) is 9.44. The van der Waals surface area contributed by atoms with E-state index in [-0.39, 0.29) is 5.54 Å². The van der Waals surface area contributed by atoms with Gasteiger partial charge in [-0.05, 0) is 0 Å². The molecule has 1 N–H and O–H groups in total. The van der Waals surface area contributed by atoms with Crippen molar-refractivity contribution in [2.45, 2.75) is 43.2 Å². The molecule has 0 saturated heterocycles. The van der Waals surface area contributed by atoms with Gasteiger partial charge in [-0.15, -0.1) is 0 Å². The van der Waals surface area contributed by atoms with Crippen LogP contribution in [0.2, 0.25) is 10.5 Å². The van der Waals surface area contributed by atoms with Crippen molar-refractivity contribution in [3.63, 3.8) is 0 Å². The van der Waals surface area contributed by atoms with Gasteiger partial charge in [-0.2, -0.15) is 0 Å². The van der Waals surface area contributed by atoms with Gasteiger partial charge >= 0.3 is 85.9 Å². The third-order valence-electron chi connectivity index (χ3n) is 2.26. The van der Waals surface area contributed by atoms with Crippen LogP contribution < -0.4 is 3.80 Å². The third-order valence-corrected chi connectivity index (χ3v) is 7.49. The maximum atomic E-state index is 3.82. The molecule has 1 aliphatic carbocycles. The quantitative estimate of drug-likeness (QED) is 0.696. The van der Waals surface area contributed by atoms with Crippen molar-refractivity contribution in [2.24, 2.45) is 0 Å². The van der Waals surface area contributed by atoms with Crippen LogP contribution in [-0.4, -0.2) is 5.54 Å². The van der Waals surface area contributed by atoms with E-state index in [1.165, 1.54) is 6.42 Å². The van der Waals surface area contributed by atoms with Gasteiger partial charge in [-0.3, -0.25) is 0 Å². The van der Waals surface area contributed by atoms with Crippen molar-refractivity contribution in [3.05, 3.63) is 22.1 Å². The Morgan fingerprint density at radius 3 is 2.31 bits per heavy atom. The van der Waals surface area contributed by atoms with E-state index in [9.17, 15) is 0 Å². The summed E-state index contributed by atoms with van der Waals surface area (Å²) in [6.45, 7) is 6.76. The molecule has 0 atom stereocenters. The monoisotopic (exact) mass is 215 g/mol. The Labute approximate surface area is 86.0 Å². The Balaban J connectivity index is 2.66. The Bertz CT molecular complexity index is 243. The molecule has 0 bridgehead atoms. The summed E-state index contributed by atoms with van der Waals surface area (Å²) in [7, 11) is 0.